The molecule has 0 spiro atoms. The summed E-state index contributed by atoms with van der Waals surface area (Å²) in [7, 11) is 0. The smallest absolute Gasteiger partial charge is 0.239 e. The molecule has 0 aromatic carbocycles. The minimum absolute atomic E-state index is 0.0454. The summed E-state index contributed by atoms with van der Waals surface area (Å²) < 4.78 is 0. The predicted octanol–water partition coefficient (Wildman–Crippen LogP) is -0.0989. The first-order valence-electron chi connectivity index (χ1n) is 7.05. The van der Waals surface area contributed by atoms with Crippen molar-refractivity contribution in [3.05, 3.63) is 0 Å². The summed E-state index contributed by atoms with van der Waals surface area (Å²) in [5.74, 6) is 0.152. The Hall–Kier alpha value is -0.650. The first-order chi connectivity index (χ1) is 8.70. The first-order valence-corrected chi connectivity index (χ1v) is 7.05. The van der Waals surface area contributed by atoms with Crippen molar-refractivity contribution in [3.8, 4) is 0 Å². The molecule has 1 atom stereocenters. The fourth-order valence-electron chi connectivity index (χ4n) is 2.29. The normalized spacial score (nSPS) is 18.6. The minimum Gasteiger partial charge on any atom is -0.395 e. The zero-order valence-electron chi connectivity index (χ0n) is 11.7. The van der Waals surface area contributed by atoms with Crippen LogP contribution >= 0.6 is 0 Å². The van der Waals surface area contributed by atoms with Crippen LogP contribution in [0.3, 0.4) is 0 Å². The molecule has 0 saturated carbocycles. The van der Waals surface area contributed by atoms with E-state index in [9.17, 15) is 4.79 Å². The highest BCUT2D eigenvalue weighted by Crippen LogP contribution is 2.06. The van der Waals surface area contributed by atoms with E-state index in [1.165, 1.54) is 0 Å². The number of unbranched alkanes of at least 4 members (excludes halogenated alkanes) is 1. The SMILES string of the molecule is CCCCN(CCO)C(=O)C(C)N1CCNCC1. The monoisotopic (exact) mass is 257 g/mol. The van der Waals surface area contributed by atoms with Crippen molar-refractivity contribution in [2.75, 3.05) is 45.9 Å². The van der Waals surface area contributed by atoms with Crippen molar-refractivity contribution in [1.82, 2.24) is 15.1 Å². The second-order valence-electron chi connectivity index (χ2n) is 4.86. The number of hydrogen-bond acceptors (Lipinski definition) is 4. The molecule has 5 nitrogen and oxygen atoms in total. The molecule has 0 bridgehead atoms. The number of amides is 1. The van der Waals surface area contributed by atoms with Crippen LogP contribution in [-0.4, -0.2) is 72.7 Å². The van der Waals surface area contributed by atoms with Crippen LogP contribution in [0, 0.1) is 0 Å². The van der Waals surface area contributed by atoms with Crippen LogP contribution in [0.15, 0.2) is 0 Å². The van der Waals surface area contributed by atoms with E-state index >= 15 is 0 Å². The molecule has 0 radical (unpaired) electrons. The first kappa shape index (κ1) is 15.4. The van der Waals surface area contributed by atoms with Gasteiger partial charge in [0.1, 0.15) is 0 Å². The van der Waals surface area contributed by atoms with Crippen LogP contribution in [0.2, 0.25) is 0 Å². The molecule has 1 unspecified atom stereocenters. The summed E-state index contributed by atoms with van der Waals surface area (Å²) in [5.41, 5.74) is 0. The summed E-state index contributed by atoms with van der Waals surface area (Å²) in [6.45, 7) is 9.09. The summed E-state index contributed by atoms with van der Waals surface area (Å²) >= 11 is 0. The largest absolute Gasteiger partial charge is 0.395 e. The third-order valence-electron chi connectivity index (χ3n) is 3.52. The molecule has 18 heavy (non-hydrogen) atoms. The van der Waals surface area contributed by atoms with E-state index in [4.69, 9.17) is 5.11 Å². The molecule has 1 aliphatic rings. The molecular formula is C13H27N3O2. The predicted molar refractivity (Wildman–Crippen MR) is 72.5 cm³/mol. The molecular weight excluding hydrogens is 230 g/mol. The number of hydrogen-bond donors (Lipinski definition) is 2. The second kappa shape index (κ2) is 8.45. The number of nitrogens with zero attached hydrogens (tertiary/aromatic N) is 2. The number of aliphatic hydroxyl groups excluding tert-OH is 1. The fraction of sp³-hybridized carbons (Fsp3) is 0.923. The highest BCUT2D eigenvalue weighted by molar-refractivity contribution is 5.81. The zero-order chi connectivity index (χ0) is 13.4. The van der Waals surface area contributed by atoms with E-state index < -0.39 is 0 Å². The Labute approximate surface area is 110 Å². The molecule has 1 rings (SSSR count). The van der Waals surface area contributed by atoms with Crippen LogP contribution in [0.5, 0.6) is 0 Å². The molecule has 1 aliphatic heterocycles. The Kier molecular flexibility index (Phi) is 7.23. The lowest BCUT2D eigenvalue weighted by atomic mass is 10.2. The van der Waals surface area contributed by atoms with Crippen LogP contribution in [0.25, 0.3) is 0 Å². The Bertz CT molecular complexity index is 238. The van der Waals surface area contributed by atoms with E-state index in [2.05, 4.69) is 17.1 Å². The molecule has 0 aromatic rings. The van der Waals surface area contributed by atoms with Gasteiger partial charge in [-0.25, -0.2) is 0 Å². The third-order valence-corrected chi connectivity index (χ3v) is 3.52. The Balaban J connectivity index is 2.51. The summed E-state index contributed by atoms with van der Waals surface area (Å²) in [6.07, 6.45) is 2.07. The molecule has 1 amide bonds. The van der Waals surface area contributed by atoms with Crippen molar-refractivity contribution in [2.45, 2.75) is 32.7 Å². The van der Waals surface area contributed by atoms with Gasteiger partial charge in [-0.1, -0.05) is 13.3 Å². The highest BCUT2D eigenvalue weighted by Gasteiger charge is 2.26. The van der Waals surface area contributed by atoms with Crippen molar-refractivity contribution in [2.24, 2.45) is 0 Å². The molecule has 0 aromatic heterocycles. The van der Waals surface area contributed by atoms with Gasteiger partial charge in [0.25, 0.3) is 0 Å². The maximum absolute atomic E-state index is 12.4. The highest BCUT2D eigenvalue weighted by atomic mass is 16.3. The number of carbonyl (C=O) groups is 1. The quantitative estimate of drug-likeness (QED) is 0.669. The van der Waals surface area contributed by atoms with E-state index in [0.29, 0.717) is 6.54 Å². The summed E-state index contributed by atoms with van der Waals surface area (Å²) in [4.78, 5) is 16.4. The van der Waals surface area contributed by atoms with Crippen molar-refractivity contribution >= 4 is 5.91 Å². The van der Waals surface area contributed by atoms with Gasteiger partial charge in [0.15, 0.2) is 0 Å². The second-order valence-corrected chi connectivity index (χ2v) is 4.86. The number of aliphatic hydroxyl groups is 1. The summed E-state index contributed by atoms with van der Waals surface area (Å²) in [5, 5.41) is 12.4. The average Bonchev–Trinajstić information content (AvgIpc) is 2.43. The molecule has 1 heterocycles. The van der Waals surface area contributed by atoms with Gasteiger partial charge in [-0.2, -0.15) is 0 Å². The standard InChI is InChI=1S/C13H27N3O2/c1-3-4-7-16(10-11-17)13(18)12(2)15-8-5-14-6-9-15/h12,14,17H,3-11H2,1-2H3. The molecule has 5 heteroatoms. The lowest BCUT2D eigenvalue weighted by Gasteiger charge is -2.35. The van der Waals surface area contributed by atoms with Gasteiger partial charge >= 0.3 is 0 Å². The summed E-state index contributed by atoms with van der Waals surface area (Å²) in [6, 6.07) is -0.0736. The van der Waals surface area contributed by atoms with Crippen LogP contribution < -0.4 is 5.32 Å². The minimum atomic E-state index is -0.0736. The zero-order valence-corrected chi connectivity index (χ0v) is 11.7. The molecule has 0 aliphatic carbocycles. The molecule has 1 saturated heterocycles. The Morgan fingerprint density at radius 3 is 2.61 bits per heavy atom. The Morgan fingerprint density at radius 2 is 2.06 bits per heavy atom. The fourth-order valence-corrected chi connectivity index (χ4v) is 2.29. The lowest BCUT2D eigenvalue weighted by molar-refractivity contribution is -0.137. The molecule has 2 N–H and O–H groups in total. The number of carbonyl (C=O) groups excluding carboxylic acids is 1. The average molecular weight is 257 g/mol. The maximum Gasteiger partial charge on any atom is 0.239 e. The van der Waals surface area contributed by atoms with Crippen LogP contribution in [0.4, 0.5) is 0 Å². The van der Waals surface area contributed by atoms with Gasteiger partial charge in [0.2, 0.25) is 5.91 Å². The van der Waals surface area contributed by atoms with Crippen molar-refractivity contribution in [3.63, 3.8) is 0 Å². The number of piperazine rings is 1. The van der Waals surface area contributed by atoms with Gasteiger partial charge in [-0.05, 0) is 13.3 Å². The van der Waals surface area contributed by atoms with E-state index in [0.717, 1.165) is 45.6 Å². The van der Waals surface area contributed by atoms with E-state index in [1.807, 2.05) is 6.92 Å². The van der Waals surface area contributed by atoms with Gasteiger partial charge in [-0.15, -0.1) is 0 Å². The van der Waals surface area contributed by atoms with E-state index in [-0.39, 0.29) is 18.6 Å². The van der Waals surface area contributed by atoms with Crippen molar-refractivity contribution < 1.29 is 9.90 Å². The lowest BCUT2D eigenvalue weighted by Crippen LogP contribution is -2.54. The van der Waals surface area contributed by atoms with Gasteiger partial charge in [-0.3, -0.25) is 9.69 Å². The Morgan fingerprint density at radius 1 is 1.39 bits per heavy atom. The molecule has 1 fully saturated rings. The van der Waals surface area contributed by atoms with Crippen LogP contribution in [-0.2, 0) is 4.79 Å². The number of nitrogens with one attached hydrogen (secondary N) is 1. The third kappa shape index (κ3) is 4.55. The van der Waals surface area contributed by atoms with Crippen LogP contribution in [0.1, 0.15) is 26.7 Å². The number of rotatable bonds is 7. The topological polar surface area (TPSA) is 55.8 Å². The van der Waals surface area contributed by atoms with E-state index in [1.54, 1.807) is 4.90 Å². The van der Waals surface area contributed by atoms with Gasteiger partial charge in [0.05, 0.1) is 12.6 Å². The molecule has 106 valence electrons. The van der Waals surface area contributed by atoms with Gasteiger partial charge < -0.3 is 15.3 Å². The van der Waals surface area contributed by atoms with Gasteiger partial charge in [0, 0.05) is 39.3 Å². The van der Waals surface area contributed by atoms with Crippen molar-refractivity contribution in [1.29, 1.82) is 0 Å². The maximum atomic E-state index is 12.4.